The molecule has 26 heavy (non-hydrogen) atoms. The molecule has 1 fully saturated rings. The van der Waals surface area contributed by atoms with Crippen LogP contribution < -0.4 is 4.90 Å². The van der Waals surface area contributed by atoms with Crippen molar-refractivity contribution in [1.29, 1.82) is 0 Å². The third-order valence-electron chi connectivity index (χ3n) is 4.82. The minimum Gasteiger partial charge on any atom is -0.363 e. The fraction of sp³-hybridized carbons (Fsp3) is 0.600. The number of piperidine rings is 1. The second kappa shape index (κ2) is 6.60. The van der Waals surface area contributed by atoms with E-state index in [1.807, 2.05) is 4.90 Å². The second-order valence-corrected chi connectivity index (χ2v) is 8.71. The SMILES string of the molecule is Cn1cc(S(=O)(=O)[C@](C)(F)C2CCN(c3ccon3)CC2)c(C(F)F)n1. The van der Waals surface area contributed by atoms with Crippen LogP contribution >= 0.6 is 0 Å². The van der Waals surface area contributed by atoms with E-state index >= 15 is 4.39 Å². The molecule has 0 unspecified atom stereocenters. The third kappa shape index (κ3) is 3.08. The Bertz CT molecular complexity index is 857. The summed E-state index contributed by atoms with van der Waals surface area (Å²) in [7, 11) is -3.33. The van der Waals surface area contributed by atoms with Crippen LogP contribution in [-0.4, -0.2) is 41.4 Å². The fourth-order valence-electron chi connectivity index (χ4n) is 3.27. The van der Waals surface area contributed by atoms with Crippen molar-refractivity contribution in [3.05, 3.63) is 24.2 Å². The van der Waals surface area contributed by atoms with Crippen LogP contribution in [0.2, 0.25) is 0 Å². The topological polar surface area (TPSA) is 81.2 Å². The molecule has 1 atom stereocenters. The molecule has 0 aliphatic carbocycles. The molecule has 1 saturated heterocycles. The van der Waals surface area contributed by atoms with Crippen molar-refractivity contribution in [2.45, 2.75) is 36.1 Å². The zero-order valence-electron chi connectivity index (χ0n) is 14.3. The molecule has 0 amide bonds. The molecule has 144 valence electrons. The van der Waals surface area contributed by atoms with E-state index in [1.54, 1.807) is 6.07 Å². The van der Waals surface area contributed by atoms with Gasteiger partial charge in [0.1, 0.15) is 16.9 Å². The highest BCUT2D eigenvalue weighted by molar-refractivity contribution is 7.92. The highest BCUT2D eigenvalue weighted by atomic mass is 32.2. The molecular formula is C15H19F3N4O3S. The fourth-order valence-corrected chi connectivity index (χ4v) is 5.07. The number of rotatable bonds is 5. The van der Waals surface area contributed by atoms with Gasteiger partial charge in [0.25, 0.3) is 6.43 Å². The van der Waals surface area contributed by atoms with Gasteiger partial charge in [0.15, 0.2) is 5.82 Å². The number of halogens is 3. The zero-order chi connectivity index (χ0) is 19.1. The summed E-state index contributed by atoms with van der Waals surface area (Å²) in [6.07, 6.45) is -0.281. The van der Waals surface area contributed by atoms with Crippen LogP contribution in [0.4, 0.5) is 19.0 Å². The normalized spacial score (nSPS) is 19.1. The van der Waals surface area contributed by atoms with Crippen molar-refractivity contribution in [3.63, 3.8) is 0 Å². The maximum absolute atomic E-state index is 15.4. The van der Waals surface area contributed by atoms with E-state index in [9.17, 15) is 17.2 Å². The molecule has 0 radical (unpaired) electrons. The van der Waals surface area contributed by atoms with Crippen molar-refractivity contribution >= 4 is 15.7 Å². The number of sulfone groups is 1. The van der Waals surface area contributed by atoms with Gasteiger partial charge in [-0.25, -0.2) is 21.6 Å². The largest absolute Gasteiger partial charge is 0.363 e. The lowest BCUT2D eigenvalue weighted by Gasteiger charge is -2.37. The Labute approximate surface area is 148 Å². The summed E-state index contributed by atoms with van der Waals surface area (Å²) in [6.45, 7) is 1.73. The molecular weight excluding hydrogens is 373 g/mol. The van der Waals surface area contributed by atoms with Gasteiger partial charge in [-0.3, -0.25) is 4.68 Å². The number of aromatic nitrogens is 3. The number of alkyl halides is 3. The molecule has 1 aliphatic heterocycles. The molecule has 0 saturated carbocycles. The Kier molecular flexibility index (Phi) is 4.76. The highest BCUT2D eigenvalue weighted by Crippen LogP contribution is 2.41. The van der Waals surface area contributed by atoms with E-state index in [2.05, 4.69) is 10.3 Å². The van der Waals surface area contributed by atoms with Crippen LogP contribution in [0.25, 0.3) is 0 Å². The first kappa shape index (κ1) is 18.7. The number of hydrogen-bond acceptors (Lipinski definition) is 6. The summed E-state index contributed by atoms with van der Waals surface area (Å²) in [5.74, 6) is -0.236. The average molecular weight is 392 g/mol. The van der Waals surface area contributed by atoms with Gasteiger partial charge in [0.2, 0.25) is 14.8 Å². The summed E-state index contributed by atoms with van der Waals surface area (Å²) >= 11 is 0. The number of hydrogen-bond donors (Lipinski definition) is 0. The van der Waals surface area contributed by atoms with Crippen molar-refractivity contribution in [1.82, 2.24) is 14.9 Å². The van der Waals surface area contributed by atoms with E-state index in [0.29, 0.717) is 18.9 Å². The maximum atomic E-state index is 15.4. The molecule has 0 aromatic carbocycles. The third-order valence-corrected chi connectivity index (χ3v) is 7.09. The van der Waals surface area contributed by atoms with Crippen LogP contribution in [0.3, 0.4) is 0 Å². The summed E-state index contributed by atoms with van der Waals surface area (Å²) in [5.41, 5.74) is -0.920. The van der Waals surface area contributed by atoms with Gasteiger partial charge in [-0.2, -0.15) is 5.10 Å². The molecule has 3 rings (SSSR count). The Morgan fingerprint density at radius 1 is 1.35 bits per heavy atom. The minimum absolute atomic E-state index is 0.239. The molecule has 0 bridgehead atoms. The van der Waals surface area contributed by atoms with Gasteiger partial charge in [-0.15, -0.1) is 0 Å². The summed E-state index contributed by atoms with van der Waals surface area (Å²) in [5, 5.41) is 4.59. The van der Waals surface area contributed by atoms with Gasteiger partial charge in [0, 0.05) is 38.3 Å². The average Bonchev–Trinajstić information content (AvgIpc) is 3.24. The zero-order valence-corrected chi connectivity index (χ0v) is 15.1. The van der Waals surface area contributed by atoms with Crippen molar-refractivity contribution < 1.29 is 26.1 Å². The lowest BCUT2D eigenvalue weighted by molar-refractivity contribution is 0.140. The van der Waals surface area contributed by atoms with Gasteiger partial charge < -0.3 is 9.42 Å². The van der Waals surface area contributed by atoms with Gasteiger partial charge >= 0.3 is 0 Å². The Balaban J connectivity index is 1.83. The number of nitrogens with zero attached hydrogens (tertiary/aromatic N) is 4. The molecule has 3 heterocycles. The van der Waals surface area contributed by atoms with Crippen LogP contribution in [0, 0.1) is 5.92 Å². The number of aryl methyl sites for hydroxylation is 1. The van der Waals surface area contributed by atoms with Crippen LogP contribution in [0.1, 0.15) is 31.9 Å². The minimum atomic E-state index is -4.65. The molecule has 2 aromatic rings. The summed E-state index contributed by atoms with van der Waals surface area (Å²) in [6, 6.07) is 1.66. The maximum Gasteiger partial charge on any atom is 0.283 e. The number of anilines is 1. The Hall–Kier alpha value is -2.04. The molecule has 0 spiro atoms. The molecule has 0 N–H and O–H groups in total. The predicted molar refractivity (Wildman–Crippen MR) is 86.3 cm³/mol. The summed E-state index contributed by atoms with van der Waals surface area (Å²) in [4.78, 5) is 1.11. The molecule has 11 heteroatoms. The first-order chi connectivity index (χ1) is 12.1. The van der Waals surface area contributed by atoms with E-state index < -0.39 is 37.8 Å². The van der Waals surface area contributed by atoms with E-state index in [0.717, 1.165) is 17.8 Å². The Morgan fingerprint density at radius 3 is 2.54 bits per heavy atom. The van der Waals surface area contributed by atoms with Crippen LogP contribution in [0.5, 0.6) is 0 Å². The van der Waals surface area contributed by atoms with Gasteiger partial charge in [0.05, 0.1) is 0 Å². The first-order valence-electron chi connectivity index (χ1n) is 8.05. The second-order valence-electron chi connectivity index (χ2n) is 6.46. The quantitative estimate of drug-likeness (QED) is 0.778. The summed E-state index contributed by atoms with van der Waals surface area (Å²) < 4.78 is 73.0. The molecule has 2 aromatic heterocycles. The lowest BCUT2D eigenvalue weighted by atomic mass is 9.92. The Morgan fingerprint density at radius 2 is 2.00 bits per heavy atom. The van der Waals surface area contributed by atoms with E-state index in [-0.39, 0.29) is 12.8 Å². The molecule has 1 aliphatic rings. The predicted octanol–water partition coefficient (Wildman–Crippen LogP) is 2.72. The van der Waals surface area contributed by atoms with Crippen molar-refractivity contribution in [2.75, 3.05) is 18.0 Å². The monoisotopic (exact) mass is 392 g/mol. The first-order valence-corrected chi connectivity index (χ1v) is 9.53. The van der Waals surface area contributed by atoms with Gasteiger partial charge in [-0.05, 0) is 19.8 Å². The van der Waals surface area contributed by atoms with E-state index in [1.165, 1.54) is 13.3 Å². The lowest BCUT2D eigenvalue weighted by Crippen LogP contribution is -2.45. The van der Waals surface area contributed by atoms with Crippen LogP contribution in [0.15, 0.2) is 27.9 Å². The van der Waals surface area contributed by atoms with Gasteiger partial charge in [-0.1, -0.05) is 5.16 Å². The van der Waals surface area contributed by atoms with Crippen LogP contribution in [-0.2, 0) is 16.9 Å². The molecule has 7 nitrogen and oxygen atoms in total. The highest BCUT2D eigenvalue weighted by Gasteiger charge is 2.50. The smallest absolute Gasteiger partial charge is 0.283 e. The van der Waals surface area contributed by atoms with E-state index in [4.69, 9.17) is 4.52 Å². The van der Waals surface area contributed by atoms with Crippen molar-refractivity contribution in [2.24, 2.45) is 13.0 Å². The standard InChI is InChI=1S/C15H19F3N4O3S/c1-15(18,10-3-6-22(7-4-10)12-5-8-25-20-12)26(23,24)11-9-21(2)19-13(11)14(16)17/h5,8-10,14H,3-4,6-7H2,1-2H3/t15-/m0/s1. The van der Waals surface area contributed by atoms with Crippen molar-refractivity contribution in [3.8, 4) is 0 Å².